The van der Waals surface area contributed by atoms with Crippen molar-refractivity contribution in [2.45, 2.75) is 6.92 Å². The second-order valence-electron chi connectivity index (χ2n) is 5.70. The Kier molecular flexibility index (Phi) is 5.51. The van der Waals surface area contributed by atoms with Crippen LogP contribution >= 0.6 is 0 Å². The molecule has 0 spiro atoms. The quantitative estimate of drug-likeness (QED) is 0.692. The lowest BCUT2D eigenvalue weighted by Crippen LogP contribution is -2.16. The van der Waals surface area contributed by atoms with Crippen LogP contribution in [0.15, 0.2) is 54.6 Å². The number of nitrogens with one attached hydrogen (secondary N) is 2. The number of amides is 1. The molecule has 3 aromatic rings. The maximum atomic E-state index is 12.7. The average molecular weight is 364 g/mol. The first-order valence-corrected chi connectivity index (χ1v) is 8.30. The van der Waals surface area contributed by atoms with Gasteiger partial charge in [0.2, 0.25) is 0 Å². The first-order valence-electron chi connectivity index (χ1n) is 8.30. The zero-order valence-corrected chi connectivity index (χ0v) is 15.3. The minimum Gasteiger partial charge on any atom is -0.497 e. The van der Waals surface area contributed by atoms with Crippen LogP contribution in [0, 0.1) is 6.92 Å². The summed E-state index contributed by atoms with van der Waals surface area (Å²) in [6.07, 6.45) is 0. The molecule has 2 aromatic carbocycles. The Hall–Kier alpha value is -3.61. The van der Waals surface area contributed by atoms with Gasteiger partial charge in [0.15, 0.2) is 0 Å². The Morgan fingerprint density at radius 3 is 2.44 bits per heavy atom. The summed E-state index contributed by atoms with van der Waals surface area (Å²) >= 11 is 0. The molecule has 0 unspecified atom stereocenters. The van der Waals surface area contributed by atoms with Gasteiger partial charge in [-0.05, 0) is 31.2 Å². The van der Waals surface area contributed by atoms with Gasteiger partial charge in [0.1, 0.15) is 28.8 Å². The normalized spacial score (nSPS) is 10.2. The number of rotatable bonds is 6. The van der Waals surface area contributed by atoms with Crippen molar-refractivity contribution in [3.05, 3.63) is 66.1 Å². The molecule has 0 fully saturated rings. The van der Waals surface area contributed by atoms with Gasteiger partial charge in [0.25, 0.3) is 5.91 Å². The molecule has 0 atom stereocenters. The fraction of sp³-hybridized carbons (Fsp3) is 0.150. The molecule has 138 valence electrons. The first kappa shape index (κ1) is 18.2. The highest BCUT2D eigenvalue weighted by atomic mass is 16.5. The van der Waals surface area contributed by atoms with Crippen LogP contribution in [-0.4, -0.2) is 30.1 Å². The molecule has 2 N–H and O–H groups in total. The molecule has 0 aliphatic rings. The topological polar surface area (TPSA) is 85.4 Å². The van der Waals surface area contributed by atoms with E-state index in [2.05, 4.69) is 20.6 Å². The summed E-state index contributed by atoms with van der Waals surface area (Å²) in [5.41, 5.74) is 1.61. The lowest BCUT2D eigenvalue weighted by molar-refractivity contribution is 0.102. The van der Waals surface area contributed by atoms with Crippen molar-refractivity contribution in [2.24, 2.45) is 0 Å². The minimum atomic E-state index is -0.372. The highest BCUT2D eigenvalue weighted by Crippen LogP contribution is 2.29. The van der Waals surface area contributed by atoms with Crippen molar-refractivity contribution in [3.8, 4) is 11.5 Å². The van der Waals surface area contributed by atoms with Crippen LogP contribution in [0.1, 0.15) is 16.3 Å². The van der Waals surface area contributed by atoms with E-state index in [0.717, 1.165) is 5.69 Å². The summed E-state index contributed by atoms with van der Waals surface area (Å²) in [5.74, 6) is 1.78. The zero-order valence-electron chi connectivity index (χ0n) is 15.3. The molecule has 7 heteroatoms. The molecule has 0 aliphatic heterocycles. The van der Waals surface area contributed by atoms with E-state index < -0.39 is 0 Å². The van der Waals surface area contributed by atoms with E-state index >= 15 is 0 Å². The maximum Gasteiger partial charge on any atom is 0.274 e. The molecule has 7 nitrogen and oxygen atoms in total. The Labute approximate surface area is 157 Å². The Morgan fingerprint density at radius 1 is 0.963 bits per heavy atom. The molecular weight excluding hydrogens is 344 g/mol. The fourth-order valence-corrected chi connectivity index (χ4v) is 2.52. The van der Waals surface area contributed by atoms with E-state index in [1.54, 1.807) is 38.3 Å². The summed E-state index contributed by atoms with van der Waals surface area (Å²) in [5, 5.41) is 5.98. The summed E-state index contributed by atoms with van der Waals surface area (Å²) in [6.45, 7) is 1.74. The summed E-state index contributed by atoms with van der Waals surface area (Å²) in [6, 6.07) is 16.4. The number of aromatic nitrogens is 2. The van der Waals surface area contributed by atoms with Crippen LogP contribution in [0.2, 0.25) is 0 Å². The number of hydrogen-bond acceptors (Lipinski definition) is 6. The number of anilines is 3. The molecule has 0 saturated carbocycles. The van der Waals surface area contributed by atoms with Crippen LogP contribution in [-0.2, 0) is 0 Å². The second kappa shape index (κ2) is 8.18. The van der Waals surface area contributed by atoms with Crippen molar-refractivity contribution in [1.29, 1.82) is 0 Å². The van der Waals surface area contributed by atoms with Gasteiger partial charge in [0, 0.05) is 17.8 Å². The van der Waals surface area contributed by atoms with Crippen LogP contribution in [0.5, 0.6) is 11.5 Å². The number of para-hydroxylation sites is 1. The average Bonchev–Trinajstić information content (AvgIpc) is 2.68. The van der Waals surface area contributed by atoms with Crippen molar-refractivity contribution in [3.63, 3.8) is 0 Å². The largest absolute Gasteiger partial charge is 0.497 e. The van der Waals surface area contributed by atoms with Crippen molar-refractivity contribution >= 4 is 23.1 Å². The number of benzene rings is 2. The lowest BCUT2D eigenvalue weighted by atomic mass is 10.2. The van der Waals surface area contributed by atoms with Crippen molar-refractivity contribution in [1.82, 2.24) is 9.97 Å². The minimum absolute atomic E-state index is 0.241. The molecule has 1 aromatic heterocycles. The van der Waals surface area contributed by atoms with E-state index in [4.69, 9.17) is 9.47 Å². The lowest BCUT2D eigenvalue weighted by Gasteiger charge is -2.12. The van der Waals surface area contributed by atoms with E-state index in [1.807, 2.05) is 30.3 Å². The van der Waals surface area contributed by atoms with Crippen LogP contribution in [0.25, 0.3) is 0 Å². The molecule has 27 heavy (non-hydrogen) atoms. The fourth-order valence-electron chi connectivity index (χ4n) is 2.52. The molecular formula is C20H20N4O3. The van der Waals surface area contributed by atoms with E-state index in [-0.39, 0.29) is 11.6 Å². The second-order valence-corrected chi connectivity index (χ2v) is 5.70. The van der Waals surface area contributed by atoms with E-state index in [0.29, 0.717) is 28.8 Å². The smallest absolute Gasteiger partial charge is 0.274 e. The number of ether oxygens (including phenoxy) is 2. The summed E-state index contributed by atoms with van der Waals surface area (Å²) < 4.78 is 10.5. The molecule has 0 radical (unpaired) electrons. The highest BCUT2D eigenvalue weighted by molar-refractivity contribution is 6.04. The monoisotopic (exact) mass is 364 g/mol. The summed E-state index contributed by atoms with van der Waals surface area (Å²) in [7, 11) is 3.09. The predicted octanol–water partition coefficient (Wildman–Crippen LogP) is 3.80. The Bertz CT molecular complexity index is 945. The molecule has 0 saturated heterocycles. The van der Waals surface area contributed by atoms with Crippen LogP contribution < -0.4 is 20.1 Å². The van der Waals surface area contributed by atoms with Gasteiger partial charge in [0.05, 0.1) is 19.9 Å². The number of hydrogen-bond donors (Lipinski definition) is 2. The van der Waals surface area contributed by atoms with Crippen LogP contribution in [0.3, 0.4) is 0 Å². The van der Waals surface area contributed by atoms with E-state index in [1.165, 1.54) is 7.11 Å². The van der Waals surface area contributed by atoms with Crippen molar-refractivity contribution < 1.29 is 14.3 Å². The standard InChI is InChI=1S/C20H20N4O3/c1-13-21-17(12-19(22-13)23-14-7-5-4-6-8-14)20(25)24-16-11-15(26-2)9-10-18(16)27-3/h4-12H,1-3H3,(H,24,25)(H,21,22,23). The third kappa shape index (κ3) is 4.52. The predicted molar refractivity (Wildman–Crippen MR) is 104 cm³/mol. The third-order valence-electron chi connectivity index (χ3n) is 3.77. The van der Waals surface area contributed by atoms with Gasteiger partial charge < -0.3 is 20.1 Å². The van der Waals surface area contributed by atoms with Gasteiger partial charge in [-0.1, -0.05) is 18.2 Å². The molecule has 1 heterocycles. The molecule has 0 bridgehead atoms. The zero-order chi connectivity index (χ0) is 19.2. The Balaban J connectivity index is 1.85. The van der Waals surface area contributed by atoms with Gasteiger partial charge in [-0.25, -0.2) is 9.97 Å². The van der Waals surface area contributed by atoms with Gasteiger partial charge in [-0.3, -0.25) is 4.79 Å². The van der Waals surface area contributed by atoms with Crippen molar-refractivity contribution in [2.75, 3.05) is 24.9 Å². The summed E-state index contributed by atoms with van der Waals surface area (Å²) in [4.78, 5) is 21.3. The molecule has 0 aliphatic carbocycles. The number of methoxy groups -OCH3 is 2. The van der Waals surface area contributed by atoms with Gasteiger partial charge in [-0.2, -0.15) is 0 Å². The maximum absolute atomic E-state index is 12.7. The number of carbonyl (C=O) groups is 1. The number of carbonyl (C=O) groups excluding carboxylic acids is 1. The number of nitrogens with zero attached hydrogens (tertiary/aromatic N) is 2. The van der Waals surface area contributed by atoms with Gasteiger partial charge >= 0.3 is 0 Å². The molecule has 1 amide bonds. The highest BCUT2D eigenvalue weighted by Gasteiger charge is 2.14. The number of aryl methyl sites for hydroxylation is 1. The SMILES string of the molecule is COc1ccc(OC)c(NC(=O)c2cc(Nc3ccccc3)nc(C)n2)c1. The Morgan fingerprint density at radius 2 is 1.74 bits per heavy atom. The van der Waals surface area contributed by atoms with E-state index in [9.17, 15) is 4.79 Å². The van der Waals surface area contributed by atoms with Crippen LogP contribution in [0.4, 0.5) is 17.2 Å². The first-order chi connectivity index (χ1) is 13.1. The molecule has 3 rings (SSSR count). The van der Waals surface area contributed by atoms with Gasteiger partial charge in [-0.15, -0.1) is 0 Å². The third-order valence-corrected chi connectivity index (χ3v) is 3.77.